The lowest BCUT2D eigenvalue weighted by Gasteiger charge is -2.39. The van der Waals surface area contributed by atoms with Crippen LogP contribution in [-0.4, -0.2) is 31.5 Å². The normalized spacial score (nSPS) is 25.3. The average molecular weight is 220 g/mol. The Morgan fingerprint density at radius 1 is 1.60 bits per heavy atom. The fraction of sp³-hybridized carbons (Fsp3) is 0.900. The van der Waals surface area contributed by atoms with Crippen molar-refractivity contribution in [1.29, 1.82) is 0 Å². The van der Waals surface area contributed by atoms with Gasteiger partial charge in [-0.25, -0.2) is 0 Å². The molecule has 15 heavy (non-hydrogen) atoms. The van der Waals surface area contributed by atoms with Crippen molar-refractivity contribution in [3.8, 4) is 0 Å². The zero-order chi connectivity index (χ0) is 11.5. The summed E-state index contributed by atoms with van der Waals surface area (Å²) in [5, 5.41) is 5.50. The molecule has 1 fully saturated rings. The highest BCUT2D eigenvalue weighted by Gasteiger charge is 2.32. The van der Waals surface area contributed by atoms with Crippen LogP contribution in [0.15, 0.2) is 0 Å². The topological polar surface area (TPSA) is 41.1 Å². The van der Waals surface area contributed by atoms with E-state index in [0.29, 0.717) is 0 Å². The first kappa shape index (κ1) is 12.4. The van der Waals surface area contributed by atoms with Gasteiger partial charge < -0.3 is 10.6 Å². The number of hydrogen-bond acceptors (Lipinski definition) is 2. The van der Waals surface area contributed by atoms with Gasteiger partial charge in [0.25, 0.3) is 5.91 Å². The molecule has 0 saturated carbocycles. The molecule has 1 aliphatic rings. The molecule has 1 aliphatic heterocycles. The predicted octanol–water partition coefficient (Wildman–Crippen LogP) is 1.15. The molecule has 0 aromatic carbocycles. The molecule has 0 spiro atoms. The van der Waals surface area contributed by atoms with Gasteiger partial charge in [-0.15, -0.1) is 0 Å². The summed E-state index contributed by atoms with van der Waals surface area (Å²) >= 11 is 0. The number of hydrogen-bond donors (Lipinski definition) is 2. The molecule has 0 aliphatic carbocycles. The van der Waals surface area contributed by atoms with Crippen molar-refractivity contribution in [2.45, 2.75) is 39.2 Å². The van der Waals surface area contributed by atoms with Gasteiger partial charge in [-0.3, -0.25) is 4.79 Å². The summed E-state index contributed by atoms with van der Waals surface area (Å²) in [6, 6.07) is 0.0777. The Hall–Kier alpha value is -0.710. The van der Waals surface area contributed by atoms with Crippen molar-refractivity contribution in [3.05, 3.63) is 0 Å². The van der Waals surface area contributed by atoms with E-state index < -0.39 is 12.3 Å². The summed E-state index contributed by atoms with van der Waals surface area (Å²) in [7, 11) is 0. The van der Waals surface area contributed by atoms with Gasteiger partial charge in [0.05, 0.1) is 0 Å². The van der Waals surface area contributed by atoms with Crippen molar-refractivity contribution in [3.63, 3.8) is 0 Å². The maximum Gasteiger partial charge on any atom is 0.315 e. The minimum absolute atomic E-state index is 0.0493. The van der Waals surface area contributed by atoms with Crippen LogP contribution in [0.1, 0.15) is 26.7 Å². The van der Waals surface area contributed by atoms with E-state index in [0.717, 1.165) is 19.4 Å². The second kappa shape index (κ2) is 4.88. The van der Waals surface area contributed by atoms with Gasteiger partial charge in [-0.05, 0) is 24.8 Å². The van der Waals surface area contributed by atoms with Crippen LogP contribution in [-0.2, 0) is 4.79 Å². The quantitative estimate of drug-likeness (QED) is 0.749. The van der Waals surface area contributed by atoms with E-state index in [1.807, 2.05) is 0 Å². The fourth-order valence-corrected chi connectivity index (χ4v) is 1.90. The number of nitrogens with one attached hydrogen (secondary N) is 2. The summed E-state index contributed by atoms with van der Waals surface area (Å²) in [5.41, 5.74) is 0.0493. The van der Waals surface area contributed by atoms with Gasteiger partial charge in [-0.2, -0.15) is 8.78 Å². The number of carbonyl (C=O) groups is 1. The lowest BCUT2D eigenvalue weighted by atomic mass is 9.77. The Balaban J connectivity index is 2.40. The molecule has 0 radical (unpaired) electrons. The summed E-state index contributed by atoms with van der Waals surface area (Å²) in [4.78, 5) is 10.7. The zero-order valence-electron chi connectivity index (χ0n) is 9.15. The SMILES string of the molecule is CC1(C)CCCNC1CNC(=O)C(F)F. The Morgan fingerprint density at radius 2 is 2.27 bits per heavy atom. The molecule has 88 valence electrons. The third-order valence-electron chi connectivity index (χ3n) is 3.01. The summed E-state index contributed by atoms with van der Waals surface area (Å²) in [6.07, 6.45) is -0.779. The molecule has 0 bridgehead atoms. The third-order valence-corrected chi connectivity index (χ3v) is 3.01. The van der Waals surface area contributed by atoms with Crippen molar-refractivity contribution < 1.29 is 13.6 Å². The molecular formula is C10H18F2N2O. The predicted molar refractivity (Wildman–Crippen MR) is 53.8 cm³/mol. The summed E-state index contributed by atoms with van der Waals surface area (Å²) < 4.78 is 23.9. The van der Waals surface area contributed by atoms with Crippen LogP contribution < -0.4 is 10.6 Å². The Morgan fingerprint density at radius 3 is 2.80 bits per heavy atom. The van der Waals surface area contributed by atoms with Crippen molar-refractivity contribution in [1.82, 2.24) is 10.6 Å². The Kier molecular flexibility index (Phi) is 4.02. The van der Waals surface area contributed by atoms with Gasteiger partial charge in [-0.1, -0.05) is 13.8 Å². The molecule has 1 saturated heterocycles. The second-order valence-electron chi connectivity index (χ2n) is 4.64. The first-order valence-electron chi connectivity index (χ1n) is 5.23. The van der Waals surface area contributed by atoms with E-state index in [9.17, 15) is 13.6 Å². The number of piperidine rings is 1. The highest BCUT2D eigenvalue weighted by atomic mass is 19.3. The van der Waals surface area contributed by atoms with Crippen LogP contribution in [0.3, 0.4) is 0 Å². The van der Waals surface area contributed by atoms with Crippen LogP contribution in [0.2, 0.25) is 0 Å². The Bertz CT molecular complexity index is 231. The van der Waals surface area contributed by atoms with Gasteiger partial charge in [0, 0.05) is 12.6 Å². The maximum absolute atomic E-state index is 11.9. The fourth-order valence-electron chi connectivity index (χ4n) is 1.90. The highest BCUT2D eigenvalue weighted by Crippen LogP contribution is 2.29. The minimum atomic E-state index is -2.92. The van der Waals surface area contributed by atoms with Gasteiger partial charge >= 0.3 is 6.43 Å². The molecule has 0 aromatic heterocycles. The van der Waals surface area contributed by atoms with E-state index in [1.165, 1.54) is 0 Å². The monoisotopic (exact) mass is 220 g/mol. The van der Waals surface area contributed by atoms with Crippen LogP contribution >= 0.6 is 0 Å². The molecule has 5 heteroatoms. The minimum Gasteiger partial charge on any atom is -0.350 e. The van der Waals surface area contributed by atoms with Crippen molar-refractivity contribution in [2.75, 3.05) is 13.1 Å². The first-order valence-corrected chi connectivity index (χ1v) is 5.23. The number of amides is 1. The molecule has 1 amide bonds. The van der Waals surface area contributed by atoms with E-state index in [4.69, 9.17) is 0 Å². The average Bonchev–Trinajstić information content (AvgIpc) is 2.14. The van der Waals surface area contributed by atoms with Gasteiger partial charge in [0.15, 0.2) is 0 Å². The summed E-state index contributed by atoms with van der Waals surface area (Å²) in [5.74, 6) is -1.18. The van der Waals surface area contributed by atoms with E-state index >= 15 is 0 Å². The summed E-state index contributed by atoms with van der Waals surface area (Å²) in [6.45, 7) is 5.32. The van der Waals surface area contributed by atoms with Gasteiger partial charge in [0.2, 0.25) is 0 Å². The second-order valence-corrected chi connectivity index (χ2v) is 4.64. The van der Waals surface area contributed by atoms with Crippen LogP contribution in [0.5, 0.6) is 0 Å². The van der Waals surface area contributed by atoms with Crippen LogP contribution in [0.4, 0.5) is 8.78 Å². The highest BCUT2D eigenvalue weighted by molar-refractivity contribution is 5.79. The van der Waals surface area contributed by atoms with Gasteiger partial charge in [0.1, 0.15) is 0 Å². The van der Waals surface area contributed by atoms with E-state index in [-0.39, 0.29) is 18.0 Å². The number of carbonyl (C=O) groups excluding carboxylic acids is 1. The zero-order valence-corrected chi connectivity index (χ0v) is 9.15. The molecule has 3 nitrogen and oxygen atoms in total. The molecule has 1 heterocycles. The molecule has 0 aromatic rings. The molecule has 1 unspecified atom stereocenters. The molecule has 2 N–H and O–H groups in total. The van der Waals surface area contributed by atoms with Crippen LogP contribution in [0, 0.1) is 5.41 Å². The van der Waals surface area contributed by atoms with Crippen LogP contribution in [0.25, 0.3) is 0 Å². The van der Waals surface area contributed by atoms with E-state index in [1.54, 1.807) is 0 Å². The lowest BCUT2D eigenvalue weighted by molar-refractivity contribution is -0.132. The van der Waals surface area contributed by atoms with E-state index in [2.05, 4.69) is 24.5 Å². The third kappa shape index (κ3) is 3.41. The van der Waals surface area contributed by atoms with Crippen molar-refractivity contribution >= 4 is 5.91 Å². The molecule has 1 atom stereocenters. The lowest BCUT2D eigenvalue weighted by Crippen LogP contribution is -2.53. The standard InChI is InChI=1S/C10H18F2N2O/c1-10(2)4-3-5-13-7(10)6-14-9(15)8(11)12/h7-8,13H,3-6H2,1-2H3,(H,14,15). The number of rotatable bonds is 3. The maximum atomic E-state index is 11.9. The Labute approximate surface area is 88.6 Å². The molecular weight excluding hydrogens is 202 g/mol. The number of halogens is 2. The molecule has 1 rings (SSSR count). The number of alkyl halides is 2. The van der Waals surface area contributed by atoms with Crippen molar-refractivity contribution in [2.24, 2.45) is 5.41 Å². The first-order chi connectivity index (χ1) is 6.93. The largest absolute Gasteiger partial charge is 0.350 e. The smallest absolute Gasteiger partial charge is 0.315 e.